The van der Waals surface area contributed by atoms with E-state index in [1.807, 2.05) is 91.0 Å². The third-order valence-corrected chi connectivity index (χ3v) is 9.21. The van der Waals surface area contributed by atoms with Crippen LogP contribution in [0.2, 0.25) is 0 Å². The van der Waals surface area contributed by atoms with Gasteiger partial charge in [-0.05, 0) is 36.4 Å². The molecule has 3 aromatic carbocycles. The minimum absolute atomic E-state index is 0.346. The summed E-state index contributed by atoms with van der Waals surface area (Å²) in [4.78, 5) is 0. The van der Waals surface area contributed by atoms with E-state index in [2.05, 4.69) is 0 Å². The van der Waals surface area contributed by atoms with Gasteiger partial charge in [0.2, 0.25) is 19.9 Å². The van der Waals surface area contributed by atoms with Crippen LogP contribution in [0.5, 0.6) is 0 Å². The molecule has 0 aromatic heterocycles. The van der Waals surface area contributed by atoms with Crippen LogP contribution in [-0.2, 0) is 15.1 Å². The molecule has 166 valence electrons. The van der Waals surface area contributed by atoms with Gasteiger partial charge >= 0.3 is 34.5 Å². The predicted octanol–water partition coefficient (Wildman–Crippen LogP) is 9.88. The van der Waals surface area contributed by atoms with E-state index in [4.69, 9.17) is 86.8 Å². The molecule has 0 atom stereocenters. The molecular formula is C18H18Cl8P3Ru+3. The van der Waals surface area contributed by atoms with E-state index in [0.29, 0.717) is 0 Å². The second kappa shape index (κ2) is 21.4. The topological polar surface area (TPSA) is 0 Å². The number of benzene rings is 3. The van der Waals surface area contributed by atoms with Gasteiger partial charge in [-0.25, -0.2) is 0 Å². The van der Waals surface area contributed by atoms with Crippen LogP contribution >= 0.6 is 107 Å². The second-order valence-electron chi connectivity index (χ2n) is 4.93. The van der Waals surface area contributed by atoms with Crippen molar-refractivity contribution >= 4 is 123 Å². The van der Waals surface area contributed by atoms with Gasteiger partial charge in [0.15, 0.2) is 0 Å². The quantitative estimate of drug-likeness (QED) is 0.188. The van der Waals surface area contributed by atoms with Gasteiger partial charge in [-0.2, -0.15) is 0 Å². The van der Waals surface area contributed by atoms with Crippen molar-refractivity contribution in [2.24, 2.45) is 0 Å². The standard InChI is InChI=1S/3C6H5Cl2P.2ClH.Ru/c3*7-9(8)6-4-2-1-3-5-6;;;/h3*1-5H;2*1H;/q;;;;;+2/p+1. The van der Waals surface area contributed by atoms with Crippen LogP contribution < -0.4 is 15.9 Å². The van der Waals surface area contributed by atoms with Crippen molar-refractivity contribution in [3.63, 3.8) is 0 Å². The van der Waals surface area contributed by atoms with Crippen molar-refractivity contribution in [3.05, 3.63) is 91.0 Å². The van der Waals surface area contributed by atoms with Crippen LogP contribution in [0.4, 0.5) is 0 Å². The maximum atomic E-state index is 5.67. The third-order valence-electron chi connectivity index (χ3n) is 2.98. The van der Waals surface area contributed by atoms with Crippen LogP contribution in [0.15, 0.2) is 91.0 Å². The average molecular weight is 712 g/mol. The monoisotopic (exact) mass is 709 g/mol. The first kappa shape index (κ1) is 31.9. The molecule has 0 saturated heterocycles. The summed E-state index contributed by atoms with van der Waals surface area (Å²) in [7, 11) is 9.71. The van der Waals surface area contributed by atoms with E-state index >= 15 is 0 Å². The van der Waals surface area contributed by atoms with Crippen molar-refractivity contribution in [2.45, 2.75) is 0 Å². The SMILES string of the molecule is Cl[PH+](Cl)c1ccccc1.Cl[PH+](Cl)c1ccccc1.Cl[PH+](Cl)c1ccccc1.[Cl][Ru][Cl]. The summed E-state index contributed by atoms with van der Waals surface area (Å²) in [5.74, 6) is 0. The fraction of sp³-hybridized carbons (Fsp3) is 0. The van der Waals surface area contributed by atoms with E-state index < -0.39 is 19.9 Å². The Morgan fingerprint density at radius 3 is 0.667 bits per heavy atom. The van der Waals surface area contributed by atoms with Gasteiger partial charge in [-0.15, -0.1) is 0 Å². The van der Waals surface area contributed by atoms with Crippen molar-refractivity contribution in [2.75, 3.05) is 0 Å². The molecule has 0 fully saturated rings. The molecule has 0 aliphatic carbocycles. The van der Waals surface area contributed by atoms with Gasteiger partial charge in [0.25, 0.3) is 0 Å². The maximum absolute atomic E-state index is 5.67. The zero-order chi connectivity index (χ0) is 22.8. The first-order chi connectivity index (χ1) is 14.3. The molecule has 0 saturated carbocycles. The van der Waals surface area contributed by atoms with E-state index in [1.54, 1.807) is 0 Å². The molecule has 0 spiro atoms. The second-order valence-corrected chi connectivity index (χ2v) is 19.4. The Bertz CT molecular complexity index is 650. The summed E-state index contributed by atoms with van der Waals surface area (Å²) in [6.45, 7) is -3.80. The number of rotatable bonds is 3. The summed E-state index contributed by atoms with van der Waals surface area (Å²) >= 11 is 33.7. The molecule has 0 aliphatic heterocycles. The molecule has 0 radical (unpaired) electrons. The fourth-order valence-electron chi connectivity index (χ4n) is 1.69. The van der Waals surface area contributed by atoms with Gasteiger partial charge < -0.3 is 0 Å². The van der Waals surface area contributed by atoms with Crippen molar-refractivity contribution in [1.82, 2.24) is 0 Å². The van der Waals surface area contributed by atoms with E-state index in [-0.39, 0.29) is 15.1 Å². The Morgan fingerprint density at radius 1 is 0.400 bits per heavy atom. The molecule has 30 heavy (non-hydrogen) atoms. The molecule has 0 aliphatic rings. The van der Waals surface area contributed by atoms with Crippen LogP contribution in [0.25, 0.3) is 0 Å². The van der Waals surface area contributed by atoms with E-state index in [1.165, 1.54) is 0 Å². The van der Waals surface area contributed by atoms with Crippen molar-refractivity contribution in [3.8, 4) is 0 Å². The molecule has 0 nitrogen and oxygen atoms in total. The zero-order valence-corrected chi connectivity index (χ0v) is 25.8. The van der Waals surface area contributed by atoms with Crippen molar-refractivity contribution in [1.29, 1.82) is 0 Å². The van der Waals surface area contributed by atoms with Gasteiger partial charge in [-0.3, -0.25) is 0 Å². The number of halogens is 8. The minimum atomic E-state index is -1.27. The Kier molecular flexibility index (Phi) is 22.8. The predicted molar refractivity (Wildman–Crippen MR) is 150 cm³/mol. The Labute approximate surface area is 226 Å². The third kappa shape index (κ3) is 17.4. The van der Waals surface area contributed by atoms with Crippen LogP contribution in [0.3, 0.4) is 0 Å². The molecule has 0 amide bonds. The van der Waals surface area contributed by atoms with Gasteiger partial charge in [0.1, 0.15) is 83.4 Å². The molecular weight excluding hydrogens is 694 g/mol. The number of hydrogen-bond donors (Lipinski definition) is 0. The van der Waals surface area contributed by atoms with Crippen molar-refractivity contribution < 1.29 is 15.1 Å². The van der Waals surface area contributed by atoms with Crippen LogP contribution in [0.1, 0.15) is 0 Å². The summed E-state index contributed by atoms with van der Waals surface area (Å²) in [6.07, 6.45) is 0. The molecule has 3 aromatic rings. The molecule has 3 rings (SSSR count). The molecule has 12 heteroatoms. The Hall–Kier alpha value is 1.89. The summed E-state index contributed by atoms with van der Waals surface area (Å²) < 4.78 is 0. The molecule has 0 N–H and O–H groups in total. The van der Waals surface area contributed by atoms with Crippen LogP contribution in [-0.4, -0.2) is 0 Å². The normalized spacial score (nSPS) is 9.83. The molecule has 0 bridgehead atoms. The van der Waals surface area contributed by atoms with Gasteiger partial charge in [0, 0.05) is 0 Å². The van der Waals surface area contributed by atoms with Gasteiger partial charge in [-0.1, -0.05) is 54.6 Å². The molecule has 0 heterocycles. The molecule has 0 unspecified atom stereocenters. The summed E-state index contributed by atoms with van der Waals surface area (Å²) in [6, 6.07) is 29.1. The Balaban J connectivity index is 0.000000394. The van der Waals surface area contributed by atoms with E-state index in [0.717, 1.165) is 15.9 Å². The zero-order valence-electron chi connectivity index (χ0n) is 15.0. The first-order valence-electron chi connectivity index (χ1n) is 7.88. The Morgan fingerprint density at radius 2 is 0.567 bits per heavy atom. The first-order valence-corrected chi connectivity index (χ1v) is 22.9. The van der Waals surface area contributed by atoms with Gasteiger partial charge in [0.05, 0.1) is 0 Å². The van der Waals surface area contributed by atoms with Crippen LogP contribution in [0, 0.1) is 0 Å². The fourth-order valence-corrected chi connectivity index (χ4v) is 5.29. The number of hydrogen-bond acceptors (Lipinski definition) is 0. The van der Waals surface area contributed by atoms with E-state index in [9.17, 15) is 0 Å². The summed E-state index contributed by atoms with van der Waals surface area (Å²) in [5.41, 5.74) is 0. The summed E-state index contributed by atoms with van der Waals surface area (Å²) in [5, 5.41) is 3.14. The average Bonchev–Trinajstić information content (AvgIpc) is 2.77.